The number of amides is 1. The van der Waals surface area contributed by atoms with Gasteiger partial charge in [-0.15, -0.1) is 0 Å². The van der Waals surface area contributed by atoms with Crippen molar-refractivity contribution in [3.05, 3.63) is 41.4 Å². The van der Waals surface area contributed by atoms with Crippen LogP contribution in [-0.2, 0) is 17.9 Å². The summed E-state index contributed by atoms with van der Waals surface area (Å²) in [6.07, 6.45) is 0. The average Bonchev–Trinajstić information content (AvgIpc) is 2.81. The van der Waals surface area contributed by atoms with Gasteiger partial charge < -0.3 is 9.88 Å². The van der Waals surface area contributed by atoms with Crippen molar-refractivity contribution in [2.24, 2.45) is 0 Å². The third kappa shape index (κ3) is 4.35. The molecule has 0 aliphatic rings. The molecule has 130 valence electrons. The van der Waals surface area contributed by atoms with Gasteiger partial charge in [-0.25, -0.2) is 13.8 Å². The molecule has 0 fully saturated rings. The van der Waals surface area contributed by atoms with E-state index in [4.69, 9.17) is 0 Å². The minimum atomic E-state index is -0.607. The second-order valence-corrected chi connectivity index (χ2v) is 6.80. The molecule has 0 saturated carbocycles. The average molecular weight is 353 g/mol. The van der Waals surface area contributed by atoms with Crippen LogP contribution in [0.4, 0.5) is 8.78 Å². The minimum absolute atomic E-state index is 0.131. The van der Waals surface area contributed by atoms with E-state index in [1.807, 2.05) is 25.3 Å². The van der Waals surface area contributed by atoms with Gasteiger partial charge in [0.1, 0.15) is 22.5 Å². The Kier molecular flexibility index (Phi) is 5.99. The number of nitrogens with zero attached hydrogens (tertiary/aromatic N) is 2. The van der Waals surface area contributed by atoms with Gasteiger partial charge in [0, 0.05) is 24.4 Å². The van der Waals surface area contributed by atoms with Crippen LogP contribution in [0.5, 0.6) is 0 Å². The molecule has 4 nitrogen and oxygen atoms in total. The predicted octanol–water partition coefficient (Wildman–Crippen LogP) is 4.09. The fourth-order valence-corrected chi connectivity index (χ4v) is 3.65. The number of benzene rings is 1. The van der Waals surface area contributed by atoms with Gasteiger partial charge in [0.2, 0.25) is 5.91 Å². The first-order valence-electron chi connectivity index (χ1n) is 7.79. The lowest BCUT2D eigenvalue weighted by molar-refractivity contribution is -0.119. The van der Waals surface area contributed by atoms with Gasteiger partial charge in [0.05, 0.1) is 12.2 Å². The molecule has 2 rings (SSSR count). The Morgan fingerprint density at radius 2 is 1.92 bits per heavy atom. The Morgan fingerprint density at radius 3 is 2.42 bits per heavy atom. The molecule has 0 radical (unpaired) electrons. The van der Waals surface area contributed by atoms with Crippen molar-refractivity contribution in [3.63, 3.8) is 0 Å². The third-order valence-electron chi connectivity index (χ3n) is 3.43. The number of carbonyl (C=O) groups is 1. The van der Waals surface area contributed by atoms with Crippen molar-refractivity contribution >= 4 is 17.7 Å². The van der Waals surface area contributed by atoms with Crippen LogP contribution in [0.1, 0.15) is 45.1 Å². The number of aromatic nitrogens is 2. The van der Waals surface area contributed by atoms with E-state index in [9.17, 15) is 13.6 Å². The van der Waals surface area contributed by atoms with Crippen molar-refractivity contribution in [2.45, 2.75) is 56.6 Å². The van der Waals surface area contributed by atoms with Crippen molar-refractivity contribution < 1.29 is 13.6 Å². The summed E-state index contributed by atoms with van der Waals surface area (Å²) in [6.45, 7) is 8.42. The number of imidazole rings is 1. The molecule has 2 aromatic rings. The number of hydrogen-bond acceptors (Lipinski definition) is 3. The maximum Gasteiger partial charge on any atom is 0.217 e. The molecule has 1 N–H and O–H groups in total. The first-order valence-corrected chi connectivity index (χ1v) is 8.61. The van der Waals surface area contributed by atoms with Gasteiger partial charge in [-0.05, 0) is 25.0 Å². The normalized spacial score (nSPS) is 11.1. The molecule has 0 spiro atoms. The molecule has 1 heterocycles. The van der Waals surface area contributed by atoms with Gasteiger partial charge in [-0.3, -0.25) is 4.79 Å². The zero-order valence-corrected chi connectivity index (χ0v) is 15.0. The van der Waals surface area contributed by atoms with Crippen LogP contribution in [0.3, 0.4) is 0 Å². The summed E-state index contributed by atoms with van der Waals surface area (Å²) in [5.74, 6) is -0.465. The summed E-state index contributed by atoms with van der Waals surface area (Å²) in [7, 11) is 0. The van der Waals surface area contributed by atoms with E-state index in [0.717, 1.165) is 22.6 Å². The number of rotatable bonds is 6. The molecule has 7 heteroatoms. The summed E-state index contributed by atoms with van der Waals surface area (Å²) in [5.41, 5.74) is 0.854. The van der Waals surface area contributed by atoms with Gasteiger partial charge in [0.25, 0.3) is 0 Å². The lowest BCUT2D eigenvalue weighted by Gasteiger charge is -2.11. The molecule has 0 aliphatic heterocycles. The van der Waals surface area contributed by atoms with E-state index in [1.165, 1.54) is 30.8 Å². The van der Waals surface area contributed by atoms with E-state index < -0.39 is 11.6 Å². The van der Waals surface area contributed by atoms with Gasteiger partial charge in [0.15, 0.2) is 0 Å². The topological polar surface area (TPSA) is 46.9 Å². The van der Waals surface area contributed by atoms with Crippen molar-refractivity contribution in [1.29, 1.82) is 0 Å². The highest BCUT2D eigenvalue weighted by Gasteiger charge is 2.20. The summed E-state index contributed by atoms with van der Waals surface area (Å²) >= 11 is 1.28. The van der Waals surface area contributed by atoms with Crippen molar-refractivity contribution in [2.75, 3.05) is 0 Å². The lowest BCUT2D eigenvalue weighted by atomic mass is 10.1. The largest absolute Gasteiger partial charge is 0.349 e. The van der Waals surface area contributed by atoms with Crippen LogP contribution in [0, 0.1) is 11.6 Å². The number of hydrogen-bond donors (Lipinski definition) is 1. The number of halogens is 2. The molecular weight excluding hydrogens is 332 g/mol. The van der Waals surface area contributed by atoms with Crippen LogP contribution in [0.25, 0.3) is 0 Å². The van der Waals surface area contributed by atoms with Crippen LogP contribution < -0.4 is 5.32 Å². The summed E-state index contributed by atoms with van der Waals surface area (Å²) in [6, 6.07) is 3.46. The molecular formula is C17H21F2N3OS. The van der Waals surface area contributed by atoms with Crippen LogP contribution >= 0.6 is 11.8 Å². The van der Waals surface area contributed by atoms with E-state index in [2.05, 4.69) is 10.3 Å². The molecule has 0 aliphatic carbocycles. The second-order valence-electron chi connectivity index (χ2n) is 5.73. The molecule has 0 unspecified atom stereocenters. The Hall–Kier alpha value is -1.89. The zero-order chi connectivity index (χ0) is 17.9. The zero-order valence-electron chi connectivity index (χ0n) is 14.2. The molecule has 1 aromatic heterocycles. The predicted molar refractivity (Wildman–Crippen MR) is 90.0 cm³/mol. The summed E-state index contributed by atoms with van der Waals surface area (Å²) in [5, 5.41) is 3.59. The summed E-state index contributed by atoms with van der Waals surface area (Å²) < 4.78 is 28.9. The quantitative estimate of drug-likeness (QED) is 0.851. The second kappa shape index (κ2) is 7.79. The van der Waals surface area contributed by atoms with E-state index in [1.54, 1.807) is 0 Å². The van der Waals surface area contributed by atoms with Gasteiger partial charge in [-0.2, -0.15) is 0 Å². The first kappa shape index (κ1) is 18.4. The van der Waals surface area contributed by atoms with E-state index in [0.29, 0.717) is 18.0 Å². The highest BCUT2D eigenvalue weighted by molar-refractivity contribution is 7.99. The monoisotopic (exact) mass is 353 g/mol. The van der Waals surface area contributed by atoms with Gasteiger partial charge in [-0.1, -0.05) is 25.6 Å². The van der Waals surface area contributed by atoms with Crippen molar-refractivity contribution in [1.82, 2.24) is 14.9 Å². The van der Waals surface area contributed by atoms with Gasteiger partial charge >= 0.3 is 0 Å². The fourth-order valence-electron chi connectivity index (χ4n) is 2.35. The summed E-state index contributed by atoms with van der Waals surface area (Å²) in [4.78, 5) is 16.3. The molecule has 0 saturated heterocycles. The highest BCUT2D eigenvalue weighted by Crippen LogP contribution is 2.35. The Balaban J connectivity index is 2.43. The van der Waals surface area contributed by atoms with E-state index in [-0.39, 0.29) is 11.8 Å². The Bertz CT molecular complexity index is 723. The first-order chi connectivity index (χ1) is 11.3. The smallest absolute Gasteiger partial charge is 0.217 e. The number of nitrogens with one attached hydrogen (secondary N) is 1. The minimum Gasteiger partial charge on any atom is -0.349 e. The lowest BCUT2D eigenvalue weighted by Crippen LogP contribution is -2.21. The maximum absolute atomic E-state index is 13.5. The fraction of sp³-hybridized carbons (Fsp3) is 0.412. The highest BCUT2D eigenvalue weighted by atomic mass is 32.2. The standard InChI is InChI=1S/C17H21F2N3OS/c1-5-22-15(9-20-11(4)23)21-16(10(2)3)17(22)24-14-7-12(18)6-13(19)8-14/h6-8,10H,5,9H2,1-4H3,(H,20,23). The van der Waals surface area contributed by atoms with Crippen LogP contribution in [-0.4, -0.2) is 15.5 Å². The molecule has 0 bridgehead atoms. The third-order valence-corrected chi connectivity index (χ3v) is 4.53. The molecule has 1 aromatic carbocycles. The molecule has 1 amide bonds. The van der Waals surface area contributed by atoms with Crippen molar-refractivity contribution in [3.8, 4) is 0 Å². The van der Waals surface area contributed by atoms with E-state index >= 15 is 0 Å². The number of carbonyl (C=O) groups excluding carboxylic acids is 1. The Morgan fingerprint density at radius 1 is 1.29 bits per heavy atom. The maximum atomic E-state index is 13.5. The molecule has 24 heavy (non-hydrogen) atoms. The van der Waals surface area contributed by atoms with Crippen LogP contribution in [0.2, 0.25) is 0 Å². The van der Waals surface area contributed by atoms with Crippen LogP contribution in [0.15, 0.2) is 28.1 Å². The molecule has 0 atom stereocenters. The Labute approximate surface area is 144 Å². The SMILES string of the molecule is CCn1c(CNC(C)=O)nc(C(C)C)c1Sc1cc(F)cc(F)c1.